The number of nitro groups is 3. The van der Waals surface area contributed by atoms with Gasteiger partial charge in [-0.2, -0.15) is 13.2 Å². The summed E-state index contributed by atoms with van der Waals surface area (Å²) in [7, 11) is 0. The number of nitrogens with one attached hydrogen (secondary N) is 1. The van der Waals surface area contributed by atoms with Gasteiger partial charge in [0.05, 0.1) is 32.5 Å². The maximum atomic E-state index is 12.5. The second kappa shape index (κ2) is 6.62. The number of hydrogen-bond donors (Lipinski definition) is 1. The highest BCUT2D eigenvalue weighted by Crippen LogP contribution is 2.40. The van der Waals surface area contributed by atoms with E-state index < -0.39 is 49.3 Å². The minimum absolute atomic E-state index is 0.113. The zero-order valence-corrected chi connectivity index (χ0v) is 12.4. The number of rotatable bonds is 5. The molecule has 13 heteroatoms. The molecule has 0 unspecified atom stereocenters. The van der Waals surface area contributed by atoms with Crippen molar-refractivity contribution in [3.05, 3.63) is 72.3 Å². The Hall–Kier alpha value is -3.77. The van der Waals surface area contributed by atoms with Gasteiger partial charge in [-0.3, -0.25) is 30.3 Å². The third-order valence-electron chi connectivity index (χ3n) is 3.17. The molecule has 0 amide bonds. The van der Waals surface area contributed by atoms with E-state index in [9.17, 15) is 43.5 Å². The summed E-state index contributed by atoms with van der Waals surface area (Å²) >= 11 is 0. The molecule has 0 saturated heterocycles. The van der Waals surface area contributed by atoms with Crippen molar-refractivity contribution >= 4 is 28.4 Å². The van der Waals surface area contributed by atoms with E-state index in [1.807, 2.05) is 0 Å². The molecular weight excluding hydrogens is 365 g/mol. The minimum atomic E-state index is -4.61. The summed E-state index contributed by atoms with van der Waals surface area (Å²) in [5, 5.41) is 35.3. The molecule has 0 radical (unpaired) electrons. The van der Waals surface area contributed by atoms with Crippen molar-refractivity contribution in [2.75, 3.05) is 5.32 Å². The van der Waals surface area contributed by atoms with E-state index >= 15 is 0 Å². The van der Waals surface area contributed by atoms with Gasteiger partial charge in [0.1, 0.15) is 0 Å². The van der Waals surface area contributed by atoms with Gasteiger partial charge >= 0.3 is 17.6 Å². The van der Waals surface area contributed by atoms with Crippen molar-refractivity contribution in [2.24, 2.45) is 0 Å². The molecule has 0 aliphatic carbocycles. The number of benzene rings is 2. The summed E-state index contributed by atoms with van der Waals surface area (Å²) in [6, 6.07) is 4.20. The normalized spacial score (nSPS) is 11.0. The average Bonchev–Trinajstić information content (AvgIpc) is 2.53. The first kappa shape index (κ1) is 18.6. The molecule has 2 aromatic rings. The van der Waals surface area contributed by atoms with Crippen molar-refractivity contribution in [1.82, 2.24) is 0 Å². The summed E-state index contributed by atoms with van der Waals surface area (Å²) in [4.78, 5) is 29.8. The third kappa shape index (κ3) is 3.82. The van der Waals surface area contributed by atoms with Crippen LogP contribution in [-0.4, -0.2) is 14.8 Å². The van der Waals surface area contributed by atoms with E-state index in [0.29, 0.717) is 24.3 Å². The highest BCUT2D eigenvalue weighted by molar-refractivity contribution is 5.81. The Morgan fingerprint density at radius 2 is 1.27 bits per heavy atom. The molecule has 0 spiro atoms. The van der Waals surface area contributed by atoms with Gasteiger partial charge in [-0.15, -0.1) is 0 Å². The quantitative estimate of drug-likeness (QED) is 0.613. The Kier molecular flexibility index (Phi) is 4.73. The average molecular weight is 372 g/mol. The van der Waals surface area contributed by atoms with Gasteiger partial charge in [-0.1, -0.05) is 0 Å². The van der Waals surface area contributed by atoms with Crippen LogP contribution in [-0.2, 0) is 6.18 Å². The monoisotopic (exact) mass is 372 g/mol. The fourth-order valence-electron chi connectivity index (χ4n) is 2.01. The van der Waals surface area contributed by atoms with Crippen LogP contribution < -0.4 is 5.32 Å². The Balaban J connectivity index is 2.55. The highest BCUT2D eigenvalue weighted by atomic mass is 19.4. The summed E-state index contributed by atoms with van der Waals surface area (Å²) in [5.74, 6) is 0. The first-order valence-corrected chi connectivity index (χ1v) is 6.56. The van der Waals surface area contributed by atoms with Gasteiger partial charge in [0.15, 0.2) is 5.69 Å². The van der Waals surface area contributed by atoms with Crippen LogP contribution in [0.3, 0.4) is 0 Å². The first-order valence-electron chi connectivity index (χ1n) is 6.56. The molecule has 0 heterocycles. The van der Waals surface area contributed by atoms with E-state index in [2.05, 4.69) is 5.32 Å². The summed E-state index contributed by atoms with van der Waals surface area (Å²) in [5.41, 5.74) is -4.60. The van der Waals surface area contributed by atoms with Gasteiger partial charge in [0.25, 0.3) is 5.69 Å². The number of non-ortho nitro benzene ring substituents is 1. The second-order valence-electron chi connectivity index (χ2n) is 4.83. The number of nitro benzene ring substituents is 3. The molecule has 0 aliphatic heterocycles. The Labute approximate surface area is 141 Å². The van der Waals surface area contributed by atoms with E-state index in [0.717, 1.165) is 12.1 Å². The Bertz CT molecular complexity index is 863. The lowest BCUT2D eigenvalue weighted by molar-refractivity contribution is -0.401. The van der Waals surface area contributed by atoms with Crippen LogP contribution in [0.5, 0.6) is 0 Å². The smallest absolute Gasteiger partial charge is 0.344 e. The van der Waals surface area contributed by atoms with Crippen LogP contribution in [0.1, 0.15) is 5.56 Å². The number of hydrogen-bond acceptors (Lipinski definition) is 7. The van der Waals surface area contributed by atoms with Crippen molar-refractivity contribution in [2.45, 2.75) is 6.18 Å². The van der Waals surface area contributed by atoms with Crippen molar-refractivity contribution in [3.63, 3.8) is 0 Å². The van der Waals surface area contributed by atoms with Crippen LogP contribution in [0.2, 0.25) is 0 Å². The second-order valence-corrected chi connectivity index (χ2v) is 4.83. The Morgan fingerprint density at radius 1 is 0.808 bits per heavy atom. The van der Waals surface area contributed by atoms with Crippen LogP contribution in [0, 0.1) is 30.3 Å². The zero-order valence-electron chi connectivity index (χ0n) is 12.4. The molecule has 0 aliphatic rings. The van der Waals surface area contributed by atoms with E-state index in [1.54, 1.807) is 0 Å². The maximum Gasteiger partial charge on any atom is 0.416 e. The standard InChI is InChI=1S/C13H7F3N4O6/c14-13(15,16)7-1-3-8(4-2-7)17-12-10(19(23)24)5-9(18(21)22)6-11(12)20(25)26/h1-6,17H. The molecule has 0 aromatic heterocycles. The van der Waals surface area contributed by atoms with Gasteiger partial charge in [0.2, 0.25) is 0 Å². The maximum absolute atomic E-state index is 12.5. The number of nitrogens with zero attached hydrogens (tertiary/aromatic N) is 3. The lowest BCUT2D eigenvalue weighted by Crippen LogP contribution is -2.05. The molecule has 0 atom stereocenters. The van der Waals surface area contributed by atoms with Crippen molar-refractivity contribution in [1.29, 1.82) is 0 Å². The largest absolute Gasteiger partial charge is 0.416 e. The van der Waals surface area contributed by atoms with Gasteiger partial charge < -0.3 is 5.32 Å². The number of alkyl halides is 3. The Morgan fingerprint density at radius 3 is 1.62 bits per heavy atom. The van der Waals surface area contributed by atoms with Crippen molar-refractivity contribution < 1.29 is 27.9 Å². The van der Waals surface area contributed by atoms with Gasteiger partial charge in [-0.05, 0) is 24.3 Å². The van der Waals surface area contributed by atoms with Crippen molar-refractivity contribution in [3.8, 4) is 0 Å². The number of anilines is 2. The lowest BCUT2D eigenvalue weighted by Gasteiger charge is -2.10. The van der Waals surface area contributed by atoms with Gasteiger partial charge in [-0.25, -0.2) is 0 Å². The molecule has 26 heavy (non-hydrogen) atoms. The first-order chi connectivity index (χ1) is 12.0. The fraction of sp³-hybridized carbons (Fsp3) is 0.0769. The minimum Gasteiger partial charge on any atom is -0.344 e. The molecular formula is C13H7F3N4O6. The van der Waals surface area contributed by atoms with Crippen LogP contribution in [0.4, 0.5) is 41.6 Å². The molecule has 0 bridgehead atoms. The summed E-state index contributed by atoms with van der Waals surface area (Å²) in [6.45, 7) is 0. The van der Waals surface area contributed by atoms with E-state index in [1.165, 1.54) is 0 Å². The number of halogens is 3. The fourth-order valence-corrected chi connectivity index (χ4v) is 2.01. The topological polar surface area (TPSA) is 141 Å². The third-order valence-corrected chi connectivity index (χ3v) is 3.17. The molecule has 136 valence electrons. The van der Waals surface area contributed by atoms with E-state index in [4.69, 9.17) is 0 Å². The molecule has 2 aromatic carbocycles. The summed E-state index contributed by atoms with van der Waals surface area (Å²) < 4.78 is 37.6. The van der Waals surface area contributed by atoms with E-state index in [-0.39, 0.29) is 5.69 Å². The molecule has 2 rings (SSSR count). The molecule has 10 nitrogen and oxygen atoms in total. The summed E-state index contributed by atoms with van der Waals surface area (Å²) in [6.07, 6.45) is -4.61. The molecule has 0 fully saturated rings. The zero-order chi connectivity index (χ0) is 19.6. The molecule has 0 saturated carbocycles. The predicted octanol–water partition coefficient (Wildman–Crippen LogP) is 4.17. The SMILES string of the molecule is O=[N+]([O-])c1cc([N+](=O)[O-])c(Nc2ccc(C(F)(F)F)cc2)c([N+](=O)[O-])c1. The van der Waals surface area contributed by atoms with Crippen LogP contribution >= 0.6 is 0 Å². The van der Waals surface area contributed by atoms with Gasteiger partial charge in [0, 0.05) is 5.69 Å². The highest BCUT2D eigenvalue weighted by Gasteiger charge is 2.32. The predicted molar refractivity (Wildman–Crippen MR) is 81.1 cm³/mol. The van der Waals surface area contributed by atoms with Crippen LogP contribution in [0.15, 0.2) is 36.4 Å². The lowest BCUT2D eigenvalue weighted by atomic mass is 10.1. The molecule has 1 N–H and O–H groups in total. The van der Waals surface area contributed by atoms with Crippen LogP contribution in [0.25, 0.3) is 0 Å².